The molecule has 0 spiro atoms. The van der Waals surface area contributed by atoms with Crippen LogP contribution in [0.15, 0.2) is 55.3 Å². The number of rotatable bonds is 5. The summed E-state index contributed by atoms with van der Waals surface area (Å²) in [4.78, 5) is 14.8. The molecule has 86 valence electrons. The number of ether oxygens (including phenoxy) is 1. The summed E-state index contributed by atoms with van der Waals surface area (Å²) in [5.74, 6) is 0.707. The molecule has 1 heterocycles. The molecule has 2 rings (SSSR count). The third-order valence-corrected chi connectivity index (χ3v) is 2.33. The van der Waals surface area contributed by atoms with Gasteiger partial charge in [-0.25, -0.2) is 0 Å². The smallest absolute Gasteiger partial charge is 0.209 e. The zero-order valence-corrected chi connectivity index (χ0v) is 9.35. The van der Waals surface area contributed by atoms with Crippen LogP contribution < -0.4 is 4.74 Å². The van der Waals surface area contributed by atoms with Crippen LogP contribution in [0.2, 0.25) is 0 Å². The first kappa shape index (κ1) is 11.2. The lowest BCUT2D eigenvalue weighted by atomic mass is 10.1. The number of hydrogen-bond donors (Lipinski definition) is 1. The van der Waals surface area contributed by atoms with Crippen molar-refractivity contribution in [1.29, 1.82) is 0 Å². The van der Waals surface area contributed by atoms with E-state index < -0.39 is 0 Å². The Morgan fingerprint density at radius 3 is 2.65 bits per heavy atom. The highest BCUT2D eigenvalue weighted by molar-refractivity contribution is 6.07. The summed E-state index contributed by atoms with van der Waals surface area (Å²) in [6.45, 7) is 4.03. The first-order valence-electron chi connectivity index (χ1n) is 5.33. The molecule has 0 saturated heterocycles. The van der Waals surface area contributed by atoms with Crippen molar-refractivity contribution < 1.29 is 9.53 Å². The molecule has 0 saturated carbocycles. The molecular weight excluding hydrogens is 214 g/mol. The minimum Gasteiger partial charge on any atom is -0.490 e. The van der Waals surface area contributed by atoms with Crippen LogP contribution in [0.4, 0.5) is 0 Å². The lowest BCUT2D eigenvalue weighted by Gasteiger charge is -2.03. The van der Waals surface area contributed by atoms with Crippen molar-refractivity contribution in [3.05, 3.63) is 66.5 Å². The number of aromatic amines is 1. The van der Waals surface area contributed by atoms with E-state index >= 15 is 0 Å². The molecule has 0 bridgehead atoms. The van der Waals surface area contributed by atoms with E-state index in [1.54, 1.807) is 48.7 Å². The molecule has 0 unspecified atom stereocenters. The first-order chi connectivity index (χ1) is 8.31. The SMILES string of the molecule is C=CCOc1ccc(C(=O)c2ccc[nH]2)cc1. The van der Waals surface area contributed by atoms with E-state index in [2.05, 4.69) is 11.6 Å². The molecule has 0 aliphatic carbocycles. The maximum Gasteiger partial charge on any atom is 0.209 e. The van der Waals surface area contributed by atoms with E-state index in [4.69, 9.17) is 4.74 Å². The molecule has 1 N–H and O–H groups in total. The third kappa shape index (κ3) is 2.64. The Balaban J connectivity index is 2.12. The Bertz CT molecular complexity index is 498. The van der Waals surface area contributed by atoms with Crippen LogP contribution >= 0.6 is 0 Å². The predicted octanol–water partition coefficient (Wildman–Crippen LogP) is 2.81. The monoisotopic (exact) mass is 227 g/mol. The summed E-state index contributed by atoms with van der Waals surface area (Å²) in [6, 6.07) is 10.6. The van der Waals surface area contributed by atoms with E-state index in [0.29, 0.717) is 17.9 Å². The molecule has 17 heavy (non-hydrogen) atoms. The Kier molecular flexibility index (Phi) is 3.40. The minimum atomic E-state index is -0.0229. The molecule has 2 aromatic rings. The van der Waals surface area contributed by atoms with Crippen molar-refractivity contribution in [2.24, 2.45) is 0 Å². The quantitative estimate of drug-likeness (QED) is 0.630. The molecule has 0 atom stereocenters. The van der Waals surface area contributed by atoms with E-state index in [0.717, 1.165) is 5.75 Å². The van der Waals surface area contributed by atoms with Crippen molar-refractivity contribution in [1.82, 2.24) is 4.98 Å². The second-order valence-electron chi connectivity index (χ2n) is 3.54. The lowest BCUT2D eigenvalue weighted by Crippen LogP contribution is -2.01. The van der Waals surface area contributed by atoms with Gasteiger partial charge in [0, 0.05) is 11.8 Å². The highest BCUT2D eigenvalue weighted by atomic mass is 16.5. The molecule has 1 aromatic carbocycles. The Morgan fingerprint density at radius 2 is 2.06 bits per heavy atom. The third-order valence-electron chi connectivity index (χ3n) is 2.33. The van der Waals surface area contributed by atoms with Gasteiger partial charge in [-0.1, -0.05) is 12.7 Å². The number of carbonyl (C=O) groups is 1. The minimum absolute atomic E-state index is 0.0229. The van der Waals surface area contributed by atoms with Gasteiger partial charge in [-0.2, -0.15) is 0 Å². The van der Waals surface area contributed by atoms with Crippen molar-refractivity contribution in [3.8, 4) is 5.75 Å². The summed E-state index contributed by atoms with van der Waals surface area (Å²) < 4.78 is 5.34. The summed E-state index contributed by atoms with van der Waals surface area (Å²) in [5, 5.41) is 0. The molecule has 3 heteroatoms. The van der Waals surface area contributed by atoms with Gasteiger partial charge in [0.25, 0.3) is 0 Å². The lowest BCUT2D eigenvalue weighted by molar-refractivity contribution is 0.103. The van der Waals surface area contributed by atoms with Crippen molar-refractivity contribution in [2.45, 2.75) is 0 Å². The largest absolute Gasteiger partial charge is 0.490 e. The topological polar surface area (TPSA) is 42.1 Å². The van der Waals surface area contributed by atoms with Gasteiger partial charge < -0.3 is 9.72 Å². The van der Waals surface area contributed by atoms with Crippen LogP contribution in [0.3, 0.4) is 0 Å². The number of H-pyrrole nitrogens is 1. The van der Waals surface area contributed by atoms with E-state index in [1.165, 1.54) is 0 Å². The molecule has 0 aliphatic heterocycles. The Hall–Kier alpha value is -2.29. The van der Waals surface area contributed by atoms with Crippen molar-refractivity contribution >= 4 is 5.78 Å². The predicted molar refractivity (Wildman–Crippen MR) is 66.4 cm³/mol. The fourth-order valence-corrected chi connectivity index (χ4v) is 1.48. The van der Waals surface area contributed by atoms with Crippen molar-refractivity contribution in [3.63, 3.8) is 0 Å². The molecule has 3 nitrogen and oxygen atoms in total. The van der Waals surface area contributed by atoms with Gasteiger partial charge in [0.15, 0.2) is 0 Å². The van der Waals surface area contributed by atoms with Crippen LogP contribution in [0.25, 0.3) is 0 Å². The van der Waals surface area contributed by atoms with Crippen LogP contribution in [-0.4, -0.2) is 17.4 Å². The van der Waals surface area contributed by atoms with Crippen LogP contribution in [-0.2, 0) is 0 Å². The Morgan fingerprint density at radius 1 is 1.29 bits per heavy atom. The number of nitrogens with one attached hydrogen (secondary N) is 1. The molecule has 0 fully saturated rings. The average molecular weight is 227 g/mol. The number of carbonyl (C=O) groups excluding carboxylic acids is 1. The zero-order valence-electron chi connectivity index (χ0n) is 9.35. The van der Waals surface area contributed by atoms with Crippen LogP contribution in [0, 0.1) is 0 Å². The van der Waals surface area contributed by atoms with Gasteiger partial charge in [-0.05, 0) is 36.4 Å². The highest BCUT2D eigenvalue weighted by Crippen LogP contribution is 2.14. The molecule has 1 aromatic heterocycles. The van der Waals surface area contributed by atoms with Crippen molar-refractivity contribution in [2.75, 3.05) is 6.61 Å². The second-order valence-corrected chi connectivity index (χ2v) is 3.54. The summed E-state index contributed by atoms with van der Waals surface area (Å²) in [5.41, 5.74) is 1.23. The number of hydrogen-bond acceptors (Lipinski definition) is 2. The van der Waals surface area contributed by atoms with Gasteiger partial charge in [0.1, 0.15) is 12.4 Å². The van der Waals surface area contributed by atoms with E-state index in [9.17, 15) is 4.79 Å². The maximum atomic E-state index is 11.9. The number of aromatic nitrogens is 1. The Labute approximate surface area is 99.7 Å². The van der Waals surface area contributed by atoms with Gasteiger partial charge >= 0.3 is 0 Å². The first-order valence-corrected chi connectivity index (χ1v) is 5.33. The highest BCUT2D eigenvalue weighted by Gasteiger charge is 2.09. The van der Waals surface area contributed by atoms with Crippen LogP contribution in [0.1, 0.15) is 16.1 Å². The average Bonchev–Trinajstić information content (AvgIpc) is 2.90. The molecule has 0 radical (unpaired) electrons. The van der Waals surface area contributed by atoms with E-state index in [-0.39, 0.29) is 5.78 Å². The maximum absolute atomic E-state index is 11.9. The number of benzene rings is 1. The normalized spacial score (nSPS) is 9.88. The van der Waals surface area contributed by atoms with Crippen LogP contribution in [0.5, 0.6) is 5.75 Å². The van der Waals surface area contributed by atoms with Gasteiger partial charge in [0.05, 0.1) is 5.69 Å². The van der Waals surface area contributed by atoms with Gasteiger partial charge in [-0.15, -0.1) is 0 Å². The fourth-order valence-electron chi connectivity index (χ4n) is 1.48. The van der Waals surface area contributed by atoms with Gasteiger partial charge in [-0.3, -0.25) is 4.79 Å². The second kappa shape index (κ2) is 5.16. The summed E-state index contributed by atoms with van der Waals surface area (Å²) in [7, 11) is 0. The zero-order chi connectivity index (χ0) is 12.1. The summed E-state index contributed by atoms with van der Waals surface area (Å²) >= 11 is 0. The standard InChI is InChI=1S/C14H13NO2/c1-2-10-17-12-7-5-11(6-8-12)14(16)13-4-3-9-15-13/h2-9,15H,1,10H2. The summed E-state index contributed by atoms with van der Waals surface area (Å²) in [6.07, 6.45) is 3.41. The number of ketones is 1. The fraction of sp³-hybridized carbons (Fsp3) is 0.0714. The van der Waals surface area contributed by atoms with Gasteiger partial charge in [0.2, 0.25) is 5.78 Å². The molecule has 0 aliphatic rings. The molecule has 0 amide bonds. The molecular formula is C14H13NO2. The van der Waals surface area contributed by atoms with E-state index in [1.807, 2.05) is 0 Å².